The number of alkyl halides is 3. The van der Waals surface area contributed by atoms with Gasteiger partial charge in [-0.15, -0.1) is 0 Å². The van der Waals surface area contributed by atoms with E-state index < -0.39 is 23.4 Å². The van der Waals surface area contributed by atoms with Crippen LogP contribution in [0.4, 0.5) is 17.6 Å². The van der Waals surface area contributed by atoms with E-state index in [-0.39, 0.29) is 22.0 Å². The molecule has 0 saturated heterocycles. The van der Waals surface area contributed by atoms with Gasteiger partial charge in [-0.2, -0.15) is 18.3 Å². The topological polar surface area (TPSA) is 63.8 Å². The minimum absolute atomic E-state index is 0.0227. The van der Waals surface area contributed by atoms with Gasteiger partial charge in [0.05, 0.1) is 33.7 Å². The van der Waals surface area contributed by atoms with Crippen LogP contribution in [-0.2, 0) is 6.18 Å². The Balaban J connectivity index is 2.22. The maximum atomic E-state index is 14.5. The number of aromatic nitrogens is 4. The SMILES string of the molecule is Oc1cc(-c2c(-n3cc(C(F)(F)F)cn3)ccc(Cl)c2F)ncn1. The Bertz CT molecular complexity index is 910. The van der Waals surface area contributed by atoms with E-state index in [4.69, 9.17) is 11.6 Å². The molecule has 3 aromatic rings. The van der Waals surface area contributed by atoms with Gasteiger partial charge in [-0.25, -0.2) is 19.0 Å². The maximum Gasteiger partial charge on any atom is 0.419 e. The van der Waals surface area contributed by atoms with E-state index >= 15 is 0 Å². The molecule has 124 valence electrons. The van der Waals surface area contributed by atoms with Crippen LogP contribution in [0.3, 0.4) is 0 Å². The van der Waals surface area contributed by atoms with E-state index in [9.17, 15) is 22.7 Å². The Morgan fingerprint density at radius 2 is 1.92 bits per heavy atom. The van der Waals surface area contributed by atoms with E-state index in [1.807, 2.05) is 0 Å². The number of hydrogen-bond donors (Lipinski definition) is 1. The number of benzene rings is 1. The minimum atomic E-state index is -4.59. The molecule has 0 amide bonds. The van der Waals surface area contributed by atoms with Gasteiger partial charge < -0.3 is 5.11 Å². The van der Waals surface area contributed by atoms with Crippen LogP contribution in [-0.4, -0.2) is 24.9 Å². The van der Waals surface area contributed by atoms with Crippen molar-refractivity contribution in [3.63, 3.8) is 0 Å². The highest BCUT2D eigenvalue weighted by Crippen LogP contribution is 2.34. The van der Waals surface area contributed by atoms with E-state index in [2.05, 4.69) is 15.1 Å². The van der Waals surface area contributed by atoms with Gasteiger partial charge in [-0.3, -0.25) is 0 Å². The molecule has 2 heterocycles. The molecule has 1 aromatic carbocycles. The van der Waals surface area contributed by atoms with Crippen LogP contribution in [0, 0.1) is 5.82 Å². The Labute approximate surface area is 137 Å². The number of nitrogens with zero attached hydrogens (tertiary/aromatic N) is 4. The second-order valence-electron chi connectivity index (χ2n) is 4.69. The van der Waals surface area contributed by atoms with Crippen molar-refractivity contribution in [3.05, 3.63) is 53.3 Å². The summed E-state index contributed by atoms with van der Waals surface area (Å²) in [4.78, 5) is 7.29. The van der Waals surface area contributed by atoms with Gasteiger partial charge in [0.2, 0.25) is 5.88 Å². The van der Waals surface area contributed by atoms with Gasteiger partial charge >= 0.3 is 6.18 Å². The fourth-order valence-electron chi connectivity index (χ4n) is 2.06. The summed E-state index contributed by atoms with van der Waals surface area (Å²) < 4.78 is 53.5. The van der Waals surface area contributed by atoms with Crippen molar-refractivity contribution in [2.45, 2.75) is 6.18 Å². The van der Waals surface area contributed by atoms with E-state index in [0.717, 1.165) is 17.1 Å². The third-order valence-corrected chi connectivity index (χ3v) is 3.43. The lowest BCUT2D eigenvalue weighted by molar-refractivity contribution is -0.137. The lowest BCUT2D eigenvalue weighted by atomic mass is 10.1. The normalized spacial score (nSPS) is 11.7. The summed E-state index contributed by atoms with van der Waals surface area (Å²) in [5.74, 6) is -1.34. The van der Waals surface area contributed by atoms with Crippen LogP contribution in [0.25, 0.3) is 16.9 Å². The average molecular weight is 359 g/mol. The predicted octanol–water partition coefficient (Wildman–Crippen LogP) is 3.85. The number of halogens is 5. The third-order valence-electron chi connectivity index (χ3n) is 3.14. The average Bonchev–Trinajstić information content (AvgIpc) is 2.99. The maximum absolute atomic E-state index is 14.5. The lowest BCUT2D eigenvalue weighted by Gasteiger charge is -2.11. The molecule has 3 rings (SSSR count). The molecule has 0 aliphatic heterocycles. The molecular formula is C14H7ClF4N4O. The second kappa shape index (κ2) is 5.75. The Morgan fingerprint density at radius 1 is 1.17 bits per heavy atom. The first kappa shape index (κ1) is 16.2. The molecule has 0 atom stereocenters. The predicted molar refractivity (Wildman–Crippen MR) is 76.2 cm³/mol. The zero-order valence-electron chi connectivity index (χ0n) is 11.6. The van der Waals surface area contributed by atoms with Gasteiger partial charge in [-0.1, -0.05) is 11.6 Å². The molecule has 0 spiro atoms. The number of rotatable bonds is 2. The molecule has 0 fully saturated rings. The quantitative estimate of drug-likeness (QED) is 0.707. The van der Waals surface area contributed by atoms with Crippen molar-refractivity contribution in [3.8, 4) is 22.8 Å². The zero-order chi connectivity index (χ0) is 17.5. The monoisotopic (exact) mass is 358 g/mol. The van der Waals surface area contributed by atoms with Crippen LogP contribution in [0.15, 0.2) is 36.9 Å². The molecule has 24 heavy (non-hydrogen) atoms. The molecule has 5 nitrogen and oxygen atoms in total. The van der Waals surface area contributed by atoms with Crippen molar-refractivity contribution in [2.75, 3.05) is 0 Å². The molecule has 0 unspecified atom stereocenters. The first-order valence-corrected chi connectivity index (χ1v) is 6.77. The van der Waals surface area contributed by atoms with Crippen molar-refractivity contribution < 1.29 is 22.7 Å². The molecule has 0 radical (unpaired) electrons. The van der Waals surface area contributed by atoms with Crippen molar-refractivity contribution in [1.82, 2.24) is 19.7 Å². The van der Waals surface area contributed by atoms with Gasteiger partial charge in [0.25, 0.3) is 0 Å². The van der Waals surface area contributed by atoms with Crippen LogP contribution in [0.1, 0.15) is 5.56 Å². The summed E-state index contributed by atoms with van der Waals surface area (Å²) in [5.41, 5.74) is -1.28. The van der Waals surface area contributed by atoms with Crippen molar-refractivity contribution >= 4 is 11.6 Å². The lowest BCUT2D eigenvalue weighted by Crippen LogP contribution is -2.04. The molecule has 10 heteroatoms. The molecular weight excluding hydrogens is 352 g/mol. The first-order valence-electron chi connectivity index (χ1n) is 6.39. The van der Waals surface area contributed by atoms with Gasteiger partial charge in [0.1, 0.15) is 6.33 Å². The van der Waals surface area contributed by atoms with Crippen LogP contribution in [0.2, 0.25) is 5.02 Å². The smallest absolute Gasteiger partial charge is 0.419 e. The number of aromatic hydroxyl groups is 1. The highest BCUT2D eigenvalue weighted by molar-refractivity contribution is 6.31. The zero-order valence-corrected chi connectivity index (χ0v) is 12.3. The van der Waals surface area contributed by atoms with Crippen molar-refractivity contribution in [2.24, 2.45) is 0 Å². The second-order valence-corrected chi connectivity index (χ2v) is 5.10. The number of hydrogen-bond acceptors (Lipinski definition) is 4. The van der Waals surface area contributed by atoms with E-state index in [1.165, 1.54) is 12.1 Å². The minimum Gasteiger partial charge on any atom is -0.493 e. The fraction of sp³-hybridized carbons (Fsp3) is 0.0714. The molecule has 0 saturated carbocycles. The summed E-state index contributed by atoms with van der Waals surface area (Å²) in [7, 11) is 0. The summed E-state index contributed by atoms with van der Waals surface area (Å²) in [6, 6.07) is 3.55. The summed E-state index contributed by atoms with van der Waals surface area (Å²) in [6.07, 6.45) is -2.27. The summed E-state index contributed by atoms with van der Waals surface area (Å²) >= 11 is 5.75. The Morgan fingerprint density at radius 3 is 2.54 bits per heavy atom. The fourth-order valence-corrected chi connectivity index (χ4v) is 2.22. The van der Waals surface area contributed by atoms with Gasteiger partial charge in [0, 0.05) is 12.3 Å². The molecule has 0 aliphatic rings. The highest BCUT2D eigenvalue weighted by Gasteiger charge is 2.32. The van der Waals surface area contributed by atoms with Crippen molar-refractivity contribution in [1.29, 1.82) is 0 Å². The Kier molecular flexibility index (Phi) is 3.88. The Hall–Kier alpha value is -2.68. The molecule has 0 aliphatic carbocycles. The summed E-state index contributed by atoms with van der Waals surface area (Å²) in [5, 5.41) is 12.8. The standard InChI is InChI=1S/C14H7ClF4N4O/c15-8-1-2-10(23-5-7(4-22-23)14(17,18)19)12(13(8)16)9-3-11(24)21-6-20-9/h1-6H,(H,20,21,24). The van der Waals surface area contributed by atoms with Crippen LogP contribution >= 0.6 is 11.6 Å². The van der Waals surface area contributed by atoms with Gasteiger partial charge in [0.15, 0.2) is 5.82 Å². The van der Waals surface area contributed by atoms with E-state index in [0.29, 0.717) is 12.4 Å². The molecule has 0 bridgehead atoms. The molecule has 1 N–H and O–H groups in total. The highest BCUT2D eigenvalue weighted by atomic mass is 35.5. The first-order chi connectivity index (χ1) is 11.3. The van der Waals surface area contributed by atoms with E-state index in [1.54, 1.807) is 0 Å². The van der Waals surface area contributed by atoms with Gasteiger partial charge in [-0.05, 0) is 12.1 Å². The summed E-state index contributed by atoms with van der Waals surface area (Å²) in [6.45, 7) is 0. The molecule has 2 aromatic heterocycles. The third kappa shape index (κ3) is 2.90. The van der Waals surface area contributed by atoms with Crippen LogP contribution < -0.4 is 0 Å². The van der Waals surface area contributed by atoms with Crippen LogP contribution in [0.5, 0.6) is 5.88 Å². The largest absolute Gasteiger partial charge is 0.493 e.